The number of hydrogen-bond donors (Lipinski definition) is 0. The zero-order valence-corrected chi connectivity index (χ0v) is 19.7. The number of rotatable bonds is 19. The van der Waals surface area contributed by atoms with E-state index in [1.165, 1.54) is 75.5 Å². The van der Waals surface area contributed by atoms with Crippen molar-refractivity contribution in [1.29, 1.82) is 0 Å². The summed E-state index contributed by atoms with van der Waals surface area (Å²) in [4.78, 5) is 25.5. The molecule has 5 heteroatoms. The molecule has 0 aromatic heterocycles. The lowest BCUT2D eigenvalue weighted by molar-refractivity contribution is -0.148. The van der Waals surface area contributed by atoms with Gasteiger partial charge in [-0.15, -0.1) is 0 Å². The Balaban J connectivity index is 3.71. The van der Waals surface area contributed by atoms with Gasteiger partial charge < -0.3 is 9.47 Å². The van der Waals surface area contributed by atoms with Gasteiger partial charge in [0.2, 0.25) is 0 Å². The fourth-order valence-electron chi connectivity index (χ4n) is 3.17. The maximum Gasteiger partial charge on any atom is 0.410 e. The molecule has 5 nitrogen and oxygen atoms in total. The van der Waals surface area contributed by atoms with Crippen LogP contribution in [0.25, 0.3) is 0 Å². The molecule has 0 rings (SSSR count). The zero-order chi connectivity index (χ0) is 21.7. The number of carbonyl (C=O) groups is 2. The fraction of sp³-hybridized carbons (Fsp3) is 0.917. The molecule has 0 aliphatic carbocycles. The topological polar surface area (TPSA) is 55.8 Å². The van der Waals surface area contributed by atoms with Gasteiger partial charge in [0.05, 0.1) is 13.2 Å². The number of carbonyl (C=O) groups excluding carboxylic acids is 2. The first-order valence-corrected chi connectivity index (χ1v) is 12.1. The lowest BCUT2D eigenvalue weighted by atomic mass is 10.1. The van der Waals surface area contributed by atoms with Gasteiger partial charge in [-0.05, 0) is 19.8 Å². The van der Waals surface area contributed by atoms with Crippen molar-refractivity contribution >= 4 is 12.1 Å². The second-order valence-corrected chi connectivity index (χ2v) is 8.16. The highest BCUT2D eigenvalue weighted by Gasteiger charge is 2.24. The molecule has 1 amide bonds. The Hall–Kier alpha value is -1.26. The van der Waals surface area contributed by atoms with Crippen LogP contribution in [-0.2, 0) is 14.3 Å². The first-order valence-electron chi connectivity index (χ1n) is 12.1. The SMILES string of the molecule is CCCCCCCCCCOC(=O)N(C)C(C)C(=O)OCCCCCCCCC. The van der Waals surface area contributed by atoms with Crippen molar-refractivity contribution in [3.8, 4) is 0 Å². The van der Waals surface area contributed by atoms with E-state index in [0.29, 0.717) is 13.2 Å². The first kappa shape index (κ1) is 27.7. The molecule has 1 unspecified atom stereocenters. The first-order chi connectivity index (χ1) is 14.0. The monoisotopic (exact) mass is 413 g/mol. The van der Waals surface area contributed by atoms with Crippen molar-refractivity contribution in [1.82, 2.24) is 4.90 Å². The predicted molar refractivity (Wildman–Crippen MR) is 120 cm³/mol. The Kier molecular flexibility index (Phi) is 19.2. The molecule has 0 saturated carbocycles. The molecule has 1 atom stereocenters. The molecule has 0 radical (unpaired) electrons. The van der Waals surface area contributed by atoms with E-state index in [0.717, 1.165) is 25.7 Å². The molecule has 172 valence electrons. The lowest BCUT2D eigenvalue weighted by Gasteiger charge is -2.22. The lowest BCUT2D eigenvalue weighted by Crippen LogP contribution is -2.41. The molecule has 0 aliphatic rings. The van der Waals surface area contributed by atoms with Gasteiger partial charge in [0, 0.05) is 7.05 Å². The maximum atomic E-state index is 12.1. The van der Waals surface area contributed by atoms with Crippen LogP contribution in [0, 0.1) is 0 Å². The smallest absolute Gasteiger partial charge is 0.410 e. The third-order valence-corrected chi connectivity index (χ3v) is 5.43. The second kappa shape index (κ2) is 20.0. The fourth-order valence-corrected chi connectivity index (χ4v) is 3.17. The zero-order valence-electron chi connectivity index (χ0n) is 19.7. The van der Waals surface area contributed by atoms with Gasteiger partial charge in [0.25, 0.3) is 0 Å². The normalized spacial score (nSPS) is 11.9. The molecular weight excluding hydrogens is 366 g/mol. The highest BCUT2D eigenvalue weighted by molar-refractivity contribution is 5.80. The molecular formula is C24H47NO4. The minimum Gasteiger partial charge on any atom is -0.464 e. The van der Waals surface area contributed by atoms with E-state index < -0.39 is 12.1 Å². The van der Waals surface area contributed by atoms with Crippen molar-refractivity contribution in [3.05, 3.63) is 0 Å². The Morgan fingerprint density at radius 2 is 1.03 bits per heavy atom. The summed E-state index contributed by atoms with van der Waals surface area (Å²) in [7, 11) is 1.59. The highest BCUT2D eigenvalue weighted by Crippen LogP contribution is 2.10. The van der Waals surface area contributed by atoms with E-state index in [1.807, 2.05) is 0 Å². The van der Waals surface area contributed by atoms with Gasteiger partial charge in [-0.3, -0.25) is 4.90 Å². The van der Waals surface area contributed by atoms with E-state index in [2.05, 4.69) is 13.8 Å². The molecule has 0 fully saturated rings. The van der Waals surface area contributed by atoms with Crippen LogP contribution in [0.5, 0.6) is 0 Å². The average molecular weight is 414 g/mol. The van der Waals surface area contributed by atoms with Crippen LogP contribution in [0.15, 0.2) is 0 Å². The number of likely N-dealkylation sites (N-methyl/N-ethyl adjacent to an activating group) is 1. The summed E-state index contributed by atoms with van der Waals surface area (Å²) in [5, 5.41) is 0. The molecule has 0 aliphatic heterocycles. The third kappa shape index (κ3) is 16.2. The molecule has 0 aromatic carbocycles. The van der Waals surface area contributed by atoms with E-state index in [-0.39, 0.29) is 5.97 Å². The summed E-state index contributed by atoms with van der Waals surface area (Å²) in [5.41, 5.74) is 0. The number of nitrogens with zero attached hydrogens (tertiary/aromatic N) is 1. The van der Waals surface area contributed by atoms with Crippen LogP contribution in [0.1, 0.15) is 117 Å². The van der Waals surface area contributed by atoms with Gasteiger partial charge in [-0.1, -0.05) is 97.3 Å². The molecule has 0 bridgehead atoms. The van der Waals surface area contributed by atoms with Crippen LogP contribution in [0.4, 0.5) is 4.79 Å². The van der Waals surface area contributed by atoms with Gasteiger partial charge in [0.15, 0.2) is 0 Å². The minimum atomic E-state index is -0.620. The third-order valence-electron chi connectivity index (χ3n) is 5.43. The van der Waals surface area contributed by atoms with Gasteiger partial charge in [-0.2, -0.15) is 0 Å². The van der Waals surface area contributed by atoms with Gasteiger partial charge in [0.1, 0.15) is 6.04 Å². The summed E-state index contributed by atoms with van der Waals surface area (Å²) in [6.45, 7) is 6.97. The maximum absolute atomic E-state index is 12.1. The molecule has 0 N–H and O–H groups in total. The van der Waals surface area contributed by atoms with Crippen LogP contribution >= 0.6 is 0 Å². The van der Waals surface area contributed by atoms with Crippen LogP contribution in [0.3, 0.4) is 0 Å². The van der Waals surface area contributed by atoms with Gasteiger partial charge >= 0.3 is 12.1 Å². The van der Waals surface area contributed by atoms with Crippen molar-refractivity contribution in [2.45, 2.75) is 123 Å². The van der Waals surface area contributed by atoms with Gasteiger partial charge in [-0.25, -0.2) is 9.59 Å². The number of hydrogen-bond acceptors (Lipinski definition) is 4. The van der Waals surface area contributed by atoms with E-state index in [1.54, 1.807) is 14.0 Å². The number of esters is 1. The standard InChI is InChI=1S/C24H47NO4/c1-5-7-9-11-13-15-17-19-21-29-24(27)25(4)22(3)23(26)28-20-18-16-14-12-10-8-6-2/h22H,5-21H2,1-4H3. The Morgan fingerprint density at radius 1 is 0.655 bits per heavy atom. The summed E-state index contributed by atoms with van der Waals surface area (Å²) in [5.74, 6) is -0.359. The van der Waals surface area contributed by atoms with E-state index >= 15 is 0 Å². The van der Waals surface area contributed by atoms with Crippen LogP contribution in [-0.4, -0.2) is 43.3 Å². The largest absolute Gasteiger partial charge is 0.464 e. The number of unbranched alkanes of at least 4 members (excludes halogenated alkanes) is 13. The number of amides is 1. The second-order valence-electron chi connectivity index (χ2n) is 8.16. The average Bonchev–Trinajstić information content (AvgIpc) is 2.73. The molecule has 0 heterocycles. The Morgan fingerprint density at radius 3 is 1.48 bits per heavy atom. The summed E-state index contributed by atoms with van der Waals surface area (Å²) >= 11 is 0. The van der Waals surface area contributed by atoms with E-state index in [4.69, 9.17) is 9.47 Å². The summed E-state index contributed by atoms with van der Waals surface area (Å²) < 4.78 is 10.6. The highest BCUT2D eigenvalue weighted by atomic mass is 16.6. The Bertz CT molecular complexity index is 400. The van der Waals surface area contributed by atoms with Crippen molar-refractivity contribution in [2.75, 3.05) is 20.3 Å². The molecule has 0 saturated heterocycles. The summed E-state index contributed by atoms with van der Waals surface area (Å²) in [6, 6.07) is -0.620. The molecule has 0 aromatic rings. The van der Waals surface area contributed by atoms with Crippen molar-refractivity contribution in [3.63, 3.8) is 0 Å². The van der Waals surface area contributed by atoms with Crippen molar-refractivity contribution < 1.29 is 19.1 Å². The quantitative estimate of drug-likeness (QED) is 0.171. The van der Waals surface area contributed by atoms with E-state index in [9.17, 15) is 9.59 Å². The van der Waals surface area contributed by atoms with Crippen LogP contribution in [0.2, 0.25) is 0 Å². The van der Waals surface area contributed by atoms with Crippen molar-refractivity contribution in [2.24, 2.45) is 0 Å². The minimum absolute atomic E-state index is 0.359. The van der Waals surface area contributed by atoms with Crippen LogP contribution < -0.4 is 0 Å². The summed E-state index contributed by atoms with van der Waals surface area (Å²) in [6.07, 6.45) is 17.4. The molecule has 0 spiro atoms. The predicted octanol–water partition coefficient (Wildman–Crippen LogP) is 6.88. The molecule has 29 heavy (non-hydrogen) atoms. The Labute approximate surface area is 179 Å². The number of ether oxygens (including phenoxy) is 2.